The molecule has 0 fully saturated rings. The highest BCUT2D eigenvalue weighted by atomic mass is 32.2. The van der Waals surface area contributed by atoms with E-state index in [9.17, 15) is 12.8 Å². The summed E-state index contributed by atoms with van der Waals surface area (Å²) in [5, 5.41) is 3.05. The maximum absolute atomic E-state index is 12.6. The van der Waals surface area contributed by atoms with E-state index in [4.69, 9.17) is 0 Å². The molecule has 1 aromatic rings. The highest BCUT2D eigenvalue weighted by Gasteiger charge is 2.20. The topological polar surface area (TPSA) is 58.2 Å². The Morgan fingerprint density at radius 3 is 2.89 bits per heavy atom. The number of rotatable bonds is 4. The molecule has 0 saturated carbocycles. The Balaban J connectivity index is 2.29. The number of sulfonamides is 1. The largest absolute Gasteiger partial charge is 0.307 e. The van der Waals surface area contributed by atoms with E-state index in [1.807, 2.05) is 0 Å². The van der Waals surface area contributed by atoms with Crippen LogP contribution in [0.4, 0.5) is 4.39 Å². The molecule has 2 N–H and O–H groups in total. The number of hydrogen-bond donors (Lipinski definition) is 2. The molecule has 1 aliphatic rings. The first kappa shape index (κ1) is 13.5. The van der Waals surface area contributed by atoms with Crippen molar-refractivity contribution in [1.82, 2.24) is 10.0 Å². The Labute approximate surface area is 107 Å². The maximum Gasteiger partial charge on any atom is 0.240 e. The standard InChI is InChI=1S/C12H17FN2O2S/c1-2-15-18(16,17)12-4-3-9-5-11(7-13)14-8-10(9)6-12/h3-4,6,11,14-15H,2,5,7-8H2,1H3/t11-/m0/s1. The third-order valence-corrected chi connectivity index (χ3v) is 4.60. The zero-order valence-electron chi connectivity index (χ0n) is 10.2. The van der Waals surface area contributed by atoms with E-state index in [1.54, 1.807) is 25.1 Å². The van der Waals surface area contributed by atoms with Crippen molar-refractivity contribution in [1.29, 1.82) is 0 Å². The van der Waals surface area contributed by atoms with Gasteiger partial charge in [-0.15, -0.1) is 0 Å². The Bertz CT molecular complexity index is 531. The molecule has 1 heterocycles. The van der Waals surface area contributed by atoms with E-state index in [-0.39, 0.29) is 10.9 Å². The molecule has 0 radical (unpaired) electrons. The molecule has 100 valence electrons. The summed E-state index contributed by atoms with van der Waals surface area (Å²) >= 11 is 0. The molecule has 1 aromatic carbocycles. The highest BCUT2D eigenvalue weighted by molar-refractivity contribution is 7.89. The first-order chi connectivity index (χ1) is 8.56. The van der Waals surface area contributed by atoms with E-state index < -0.39 is 16.7 Å². The summed E-state index contributed by atoms with van der Waals surface area (Å²) < 4.78 is 38.7. The molecule has 18 heavy (non-hydrogen) atoms. The van der Waals surface area contributed by atoms with Crippen molar-refractivity contribution in [3.8, 4) is 0 Å². The zero-order valence-corrected chi connectivity index (χ0v) is 11.1. The van der Waals surface area contributed by atoms with Crippen molar-refractivity contribution in [3.63, 3.8) is 0 Å². The Kier molecular flexibility index (Phi) is 3.99. The molecule has 2 rings (SSSR count). The van der Waals surface area contributed by atoms with Crippen molar-refractivity contribution in [3.05, 3.63) is 29.3 Å². The minimum atomic E-state index is -3.41. The number of nitrogens with one attached hydrogen (secondary N) is 2. The average molecular weight is 272 g/mol. The van der Waals surface area contributed by atoms with Crippen LogP contribution >= 0.6 is 0 Å². The molecule has 0 unspecified atom stereocenters. The molecule has 0 aromatic heterocycles. The molecule has 0 aliphatic carbocycles. The van der Waals surface area contributed by atoms with Crippen LogP contribution in [0.2, 0.25) is 0 Å². The van der Waals surface area contributed by atoms with Gasteiger partial charge in [0.1, 0.15) is 6.67 Å². The molecule has 0 bridgehead atoms. The normalized spacial score (nSPS) is 19.6. The monoisotopic (exact) mass is 272 g/mol. The van der Waals surface area contributed by atoms with E-state index >= 15 is 0 Å². The maximum atomic E-state index is 12.6. The third-order valence-electron chi connectivity index (χ3n) is 3.06. The van der Waals surface area contributed by atoms with Crippen LogP contribution in [0.3, 0.4) is 0 Å². The fourth-order valence-electron chi connectivity index (χ4n) is 2.11. The predicted molar refractivity (Wildman–Crippen MR) is 67.6 cm³/mol. The van der Waals surface area contributed by atoms with Crippen LogP contribution in [0.1, 0.15) is 18.1 Å². The minimum Gasteiger partial charge on any atom is -0.307 e. The van der Waals surface area contributed by atoms with Gasteiger partial charge in [0.25, 0.3) is 0 Å². The van der Waals surface area contributed by atoms with Crippen LogP contribution in [-0.4, -0.2) is 27.7 Å². The highest BCUT2D eigenvalue weighted by Crippen LogP contribution is 2.21. The molecule has 1 atom stereocenters. The van der Waals surface area contributed by atoms with E-state index in [0.717, 1.165) is 11.1 Å². The van der Waals surface area contributed by atoms with Gasteiger partial charge in [0.15, 0.2) is 0 Å². The lowest BCUT2D eigenvalue weighted by atomic mass is 9.96. The van der Waals surface area contributed by atoms with Crippen LogP contribution in [0.25, 0.3) is 0 Å². The first-order valence-electron chi connectivity index (χ1n) is 5.97. The summed E-state index contributed by atoms with van der Waals surface area (Å²) in [5.41, 5.74) is 1.95. The van der Waals surface area contributed by atoms with Gasteiger partial charge in [-0.2, -0.15) is 0 Å². The first-order valence-corrected chi connectivity index (χ1v) is 7.46. The lowest BCUT2D eigenvalue weighted by Gasteiger charge is -2.24. The second kappa shape index (κ2) is 5.34. The third kappa shape index (κ3) is 2.71. The van der Waals surface area contributed by atoms with Crippen molar-refractivity contribution >= 4 is 10.0 Å². The molecule has 0 spiro atoms. The van der Waals surface area contributed by atoms with Gasteiger partial charge in [0.05, 0.1) is 4.90 Å². The molecule has 4 nitrogen and oxygen atoms in total. The van der Waals surface area contributed by atoms with Gasteiger partial charge >= 0.3 is 0 Å². The van der Waals surface area contributed by atoms with Gasteiger partial charge in [-0.25, -0.2) is 17.5 Å². The molecule has 6 heteroatoms. The van der Waals surface area contributed by atoms with Crippen molar-refractivity contribution in [2.45, 2.75) is 30.8 Å². The van der Waals surface area contributed by atoms with E-state index in [0.29, 0.717) is 19.5 Å². The fraction of sp³-hybridized carbons (Fsp3) is 0.500. The number of benzene rings is 1. The molecular formula is C12H17FN2O2S. The predicted octanol–water partition coefficient (Wildman–Crippen LogP) is 0.969. The lowest BCUT2D eigenvalue weighted by Crippen LogP contribution is -2.37. The van der Waals surface area contributed by atoms with E-state index in [1.165, 1.54) is 0 Å². The SMILES string of the molecule is CCNS(=O)(=O)c1ccc2c(c1)CN[C@H](CF)C2. The summed E-state index contributed by atoms with van der Waals surface area (Å²) in [5.74, 6) is 0. The summed E-state index contributed by atoms with van der Waals surface area (Å²) in [6.45, 7) is 2.21. The summed E-state index contributed by atoms with van der Waals surface area (Å²) in [7, 11) is -3.41. The molecule has 0 amide bonds. The van der Waals surface area contributed by atoms with Gasteiger partial charge in [0.2, 0.25) is 10.0 Å². The minimum absolute atomic E-state index is 0.159. The molecule has 0 saturated heterocycles. The second-order valence-corrected chi connectivity index (χ2v) is 6.14. The quantitative estimate of drug-likeness (QED) is 0.858. The second-order valence-electron chi connectivity index (χ2n) is 4.37. The Morgan fingerprint density at radius 2 is 2.22 bits per heavy atom. The average Bonchev–Trinajstić information content (AvgIpc) is 2.37. The Hall–Kier alpha value is -0.980. The van der Waals surface area contributed by atoms with Gasteiger partial charge in [0, 0.05) is 19.1 Å². The number of fused-ring (bicyclic) bond motifs is 1. The van der Waals surface area contributed by atoms with Gasteiger partial charge in [-0.05, 0) is 29.7 Å². The lowest BCUT2D eigenvalue weighted by molar-refractivity contribution is 0.358. The molecular weight excluding hydrogens is 255 g/mol. The van der Waals surface area contributed by atoms with Gasteiger partial charge < -0.3 is 5.32 Å². The van der Waals surface area contributed by atoms with Gasteiger partial charge in [-0.1, -0.05) is 13.0 Å². The van der Waals surface area contributed by atoms with Crippen LogP contribution < -0.4 is 10.0 Å². The van der Waals surface area contributed by atoms with Crippen LogP contribution in [0.15, 0.2) is 23.1 Å². The van der Waals surface area contributed by atoms with Crippen molar-refractivity contribution < 1.29 is 12.8 Å². The van der Waals surface area contributed by atoms with Crippen LogP contribution in [-0.2, 0) is 23.0 Å². The summed E-state index contributed by atoms with van der Waals surface area (Å²) in [4.78, 5) is 0.267. The van der Waals surface area contributed by atoms with Crippen LogP contribution in [0.5, 0.6) is 0 Å². The fourth-order valence-corrected chi connectivity index (χ4v) is 3.20. The number of halogens is 1. The van der Waals surface area contributed by atoms with Crippen molar-refractivity contribution in [2.24, 2.45) is 0 Å². The Morgan fingerprint density at radius 1 is 1.44 bits per heavy atom. The number of alkyl halides is 1. The summed E-state index contributed by atoms with van der Waals surface area (Å²) in [6, 6.07) is 4.86. The summed E-state index contributed by atoms with van der Waals surface area (Å²) in [6.07, 6.45) is 0.605. The van der Waals surface area contributed by atoms with Crippen molar-refractivity contribution in [2.75, 3.05) is 13.2 Å². The van der Waals surface area contributed by atoms with Gasteiger partial charge in [-0.3, -0.25) is 0 Å². The molecule has 1 aliphatic heterocycles. The van der Waals surface area contributed by atoms with Crippen LogP contribution in [0, 0.1) is 0 Å². The van der Waals surface area contributed by atoms with E-state index in [2.05, 4.69) is 10.0 Å². The smallest absolute Gasteiger partial charge is 0.240 e. The zero-order chi connectivity index (χ0) is 13.2. The number of hydrogen-bond acceptors (Lipinski definition) is 3.